The molecule has 3 aromatic rings. The van der Waals surface area contributed by atoms with Gasteiger partial charge in [0.15, 0.2) is 0 Å². The number of rotatable bonds is 3. The summed E-state index contributed by atoms with van der Waals surface area (Å²) in [6.45, 7) is 0. The number of carbonyl (C=O) groups excluding carboxylic acids is 2. The number of pyridine rings is 1. The molecule has 2 N–H and O–H groups in total. The molecule has 0 saturated heterocycles. The Morgan fingerprint density at radius 3 is 2.50 bits per heavy atom. The summed E-state index contributed by atoms with van der Waals surface area (Å²) in [5, 5.41) is 12.0. The lowest BCUT2D eigenvalue weighted by Crippen LogP contribution is -2.11. The van der Waals surface area contributed by atoms with Gasteiger partial charge in [-0.1, -0.05) is 0 Å². The van der Waals surface area contributed by atoms with E-state index in [2.05, 4.69) is 10.3 Å². The molecule has 110 valence electrons. The lowest BCUT2D eigenvalue weighted by atomic mass is 10.2. The molecule has 0 spiro atoms. The number of aromatic nitrogens is 2. The highest BCUT2D eigenvalue weighted by Gasteiger charge is 2.09. The maximum atomic E-state index is 12.1. The van der Waals surface area contributed by atoms with Gasteiger partial charge < -0.3 is 14.8 Å². The number of phenolic OH excluding ortho intramolecular Hbond substituents is 1. The van der Waals surface area contributed by atoms with Gasteiger partial charge in [0.2, 0.25) is 3.79 Å². The molecule has 7 heteroatoms. The van der Waals surface area contributed by atoms with E-state index in [1.54, 1.807) is 51.5 Å². The van der Waals surface area contributed by atoms with Crippen molar-refractivity contribution in [3.05, 3.63) is 60.0 Å². The zero-order valence-electron chi connectivity index (χ0n) is 11.2. The molecule has 0 fully saturated rings. The fraction of sp³-hybridized carbons (Fsp3) is 0. The van der Waals surface area contributed by atoms with E-state index in [9.17, 15) is 14.7 Å². The van der Waals surface area contributed by atoms with Crippen LogP contribution in [-0.2, 0) is 0 Å². The van der Waals surface area contributed by atoms with Gasteiger partial charge >= 0.3 is 0 Å². The van der Waals surface area contributed by atoms with Crippen molar-refractivity contribution in [1.82, 2.24) is 9.38 Å². The predicted octanol–water partition coefficient (Wildman–Crippen LogP) is 2.87. The molecule has 2 heterocycles. The highest BCUT2D eigenvalue weighted by Crippen LogP contribution is 2.15. The molecule has 22 heavy (non-hydrogen) atoms. The number of hydrogen-bond acceptors (Lipinski definition) is 4. The Morgan fingerprint density at radius 1 is 1.09 bits per heavy atom. The number of nitrogens with one attached hydrogen (secondary N) is 1. The third kappa shape index (κ3) is 2.93. The van der Waals surface area contributed by atoms with Gasteiger partial charge in [-0.25, -0.2) is 4.98 Å². The molecule has 2 aromatic heterocycles. The van der Waals surface area contributed by atoms with E-state index in [0.29, 0.717) is 22.6 Å². The molecule has 6 nitrogen and oxygen atoms in total. The van der Waals surface area contributed by atoms with Crippen molar-refractivity contribution >= 4 is 43.6 Å². The van der Waals surface area contributed by atoms with E-state index in [1.807, 2.05) is 0 Å². The molecule has 3 rings (SSSR count). The maximum Gasteiger partial charge on any atom is 0.255 e. The minimum atomic E-state index is -0.287. The van der Waals surface area contributed by atoms with Crippen molar-refractivity contribution in [2.24, 2.45) is 0 Å². The Balaban J connectivity index is 1.85. The van der Waals surface area contributed by atoms with Crippen LogP contribution in [0.1, 0.15) is 20.8 Å². The predicted molar refractivity (Wildman–Crippen MR) is 89.6 cm³/mol. The van der Waals surface area contributed by atoms with E-state index < -0.39 is 0 Å². The summed E-state index contributed by atoms with van der Waals surface area (Å²) in [4.78, 5) is 27.6. The first-order chi connectivity index (χ1) is 10.5. The minimum absolute atomic E-state index is 0.104. The molecular weight excluding hydrogens is 397 g/mol. The molecule has 0 bridgehead atoms. The van der Waals surface area contributed by atoms with Gasteiger partial charge in [0.1, 0.15) is 17.1 Å². The van der Waals surface area contributed by atoms with Gasteiger partial charge in [-0.05, 0) is 36.4 Å². The molecule has 0 radical (unpaired) electrons. The van der Waals surface area contributed by atoms with Crippen LogP contribution in [0, 0.1) is 0 Å². The molecule has 0 aliphatic carbocycles. The zero-order chi connectivity index (χ0) is 15.7. The summed E-state index contributed by atoms with van der Waals surface area (Å²) in [7, 11) is 0. The van der Waals surface area contributed by atoms with Crippen LogP contribution < -0.4 is 5.32 Å². The standard InChI is InChI=1S/C15H10IN3O3/c16-14(21)12-8-19-7-10(3-6-13(19)18-12)17-15(22)9-1-4-11(20)5-2-9/h1-8,20H,(H,17,22). The fourth-order valence-electron chi connectivity index (χ4n) is 1.98. The number of fused-ring (bicyclic) bond motifs is 1. The Kier molecular flexibility index (Phi) is 3.80. The number of imidazole rings is 1. The first kappa shape index (κ1) is 14.5. The molecule has 0 aliphatic rings. The number of benzene rings is 1. The number of nitrogens with zero attached hydrogens (tertiary/aromatic N) is 2. The summed E-state index contributed by atoms with van der Waals surface area (Å²) in [6, 6.07) is 9.40. The van der Waals surface area contributed by atoms with Crippen molar-refractivity contribution < 1.29 is 14.7 Å². The number of carbonyl (C=O) groups is 2. The highest BCUT2D eigenvalue weighted by molar-refractivity contribution is 14.1. The van der Waals surface area contributed by atoms with Crippen molar-refractivity contribution in [3.63, 3.8) is 0 Å². The van der Waals surface area contributed by atoms with Gasteiger partial charge in [-0.2, -0.15) is 0 Å². The summed E-state index contributed by atoms with van der Waals surface area (Å²) >= 11 is 1.68. The molecule has 1 aromatic carbocycles. The quantitative estimate of drug-likeness (QED) is 0.517. The van der Waals surface area contributed by atoms with Crippen LogP contribution in [0.2, 0.25) is 0 Å². The van der Waals surface area contributed by atoms with E-state index in [-0.39, 0.29) is 15.4 Å². The number of amides is 1. The fourth-order valence-corrected chi connectivity index (χ4v) is 2.24. The number of phenols is 1. The highest BCUT2D eigenvalue weighted by atomic mass is 127. The summed E-state index contributed by atoms with van der Waals surface area (Å²) in [5.41, 5.74) is 2.01. The van der Waals surface area contributed by atoms with Gasteiger partial charge in [0, 0.05) is 40.5 Å². The largest absolute Gasteiger partial charge is 0.508 e. The topological polar surface area (TPSA) is 83.7 Å². The summed E-state index contributed by atoms with van der Waals surface area (Å²) < 4.78 is 1.54. The number of aromatic hydroxyl groups is 1. The van der Waals surface area contributed by atoms with Crippen LogP contribution in [0.3, 0.4) is 0 Å². The zero-order valence-corrected chi connectivity index (χ0v) is 13.3. The average Bonchev–Trinajstić information content (AvgIpc) is 2.91. The molecule has 0 unspecified atom stereocenters. The van der Waals surface area contributed by atoms with Gasteiger partial charge in [-0.15, -0.1) is 0 Å². The Morgan fingerprint density at radius 2 is 1.82 bits per heavy atom. The number of halogens is 1. The van der Waals surface area contributed by atoms with Crippen LogP contribution in [0.15, 0.2) is 48.8 Å². The van der Waals surface area contributed by atoms with Crippen molar-refractivity contribution in [2.45, 2.75) is 0 Å². The molecule has 0 atom stereocenters. The molecule has 0 aliphatic heterocycles. The van der Waals surface area contributed by atoms with Gasteiger partial charge in [0.25, 0.3) is 5.91 Å². The summed E-state index contributed by atoms with van der Waals surface area (Å²) in [5.74, 6) is -0.183. The van der Waals surface area contributed by atoms with E-state index in [4.69, 9.17) is 0 Å². The van der Waals surface area contributed by atoms with Gasteiger partial charge in [-0.3, -0.25) is 9.59 Å². The van der Waals surface area contributed by atoms with Crippen molar-refractivity contribution in [3.8, 4) is 5.75 Å². The second-order valence-corrected chi connectivity index (χ2v) is 5.56. The van der Waals surface area contributed by atoms with Gasteiger partial charge in [0.05, 0.1) is 5.69 Å². The minimum Gasteiger partial charge on any atom is -0.508 e. The SMILES string of the molecule is O=C(Nc1ccc2nc(C(=O)I)cn2c1)c1ccc(O)cc1. The van der Waals surface area contributed by atoms with Crippen LogP contribution in [0.25, 0.3) is 5.65 Å². The first-order valence-electron chi connectivity index (χ1n) is 6.32. The molecular formula is C15H10IN3O3. The normalized spacial score (nSPS) is 10.6. The Bertz CT molecular complexity index is 871. The lowest BCUT2D eigenvalue weighted by molar-refractivity contribution is 0.102. The Hall–Kier alpha value is -2.42. The maximum absolute atomic E-state index is 12.1. The monoisotopic (exact) mass is 407 g/mol. The number of anilines is 1. The first-order valence-corrected chi connectivity index (χ1v) is 7.40. The van der Waals surface area contributed by atoms with Crippen LogP contribution in [0.4, 0.5) is 5.69 Å². The number of hydrogen-bond donors (Lipinski definition) is 2. The van der Waals surface area contributed by atoms with Crippen molar-refractivity contribution in [2.75, 3.05) is 5.32 Å². The molecule has 1 amide bonds. The third-order valence-electron chi connectivity index (χ3n) is 3.04. The smallest absolute Gasteiger partial charge is 0.255 e. The van der Waals surface area contributed by atoms with Crippen molar-refractivity contribution in [1.29, 1.82) is 0 Å². The van der Waals surface area contributed by atoms with Crippen LogP contribution >= 0.6 is 22.6 Å². The van der Waals surface area contributed by atoms with E-state index in [1.165, 1.54) is 24.3 Å². The van der Waals surface area contributed by atoms with E-state index in [0.717, 1.165) is 0 Å². The Labute approximate surface area is 138 Å². The lowest BCUT2D eigenvalue weighted by Gasteiger charge is -2.06. The summed E-state index contributed by atoms with van der Waals surface area (Å²) in [6.07, 6.45) is 3.30. The second kappa shape index (κ2) is 5.76. The third-order valence-corrected chi connectivity index (χ3v) is 3.59. The van der Waals surface area contributed by atoms with Crippen LogP contribution in [-0.4, -0.2) is 24.2 Å². The van der Waals surface area contributed by atoms with E-state index >= 15 is 0 Å². The van der Waals surface area contributed by atoms with Crippen LogP contribution in [0.5, 0.6) is 5.75 Å². The molecule has 0 saturated carbocycles. The second-order valence-electron chi connectivity index (χ2n) is 4.58. The average molecular weight is 407 g/mol.